The van der Waals surface area contributed by atoms with Gasteiger partial charge in [-0.05, 0) is 30.4 Å². The van der Waals surface area contributed by atoms with Crippen LogP contribution in [-0.2, 0) is 0 Å². The Morgan fingerprint density at radius 2 is 1.44 bits per heavy atom. The lowest BCUT2D eigenvalue weighted by Gasteiger charge is -2.25. The molecule has 0 spiro atoms. The van der Waals surface area contributed by atoms with Crippen LogP contribution in [0.2, 0.25) is 0 Å². The van der Waals surface area contributed by atoms with Crippen LogP contribution >= 0.6 is 12.4 Å². The smallest absolute Gasteiger partial charge is 0.0396 e. The second-order valence-electron chi connectivity index (χ2n) is 5.50. The quantitative estimate of drug-likeness (QED) is 0.729. The topological polar surface area (TPSA) is 3.24 Å². The van der Waals surface area contributed by atoms with Crippen molar-refractivity contribution < 1.29 is 0 Å². The first-order valence-electron chi connectivity index (χ1n) is 7.05. The van der Waals surface area contributed by atoms with Gasteiger partial charge in [0, 0.05) is 19.8 Å². The summed E-state index contributed by atoms with van der Waals surface area (Å²) >= 11 is 0. The maximum absolute atomic E-state index is 2.33. The molecule has 0 bridgehead atoms. The molecule has 2 heteroatoms. The highest BCUT2D eigenvalue weighted by molar-refractivity contribution is 5.85. The van der Waals surface area contributed by atoms with Crippen LogP contribution in [0, 0.1) is 0 Å². The lowest BCUT2D eigenvalue weighted by atomic mass is 9.85. The SMILES string of the molecule is CN(C)c1ccccc1C1CCCCCCC1.Cl. The molecule has 0 amide bonds. The van der Waals surface area contributed by atoms with Crippen molar-refractivity contribution in [3.8, 4) is 0 Å². The molecule has 0 N–H and O–H groups in total. The molecule has 1 aromatic rings. The highest BCUT2D eigenvalue weighted by Crippen LogP contribution is 2.35. The van der Waals surface area contributed by atoms with Crippen molar-refractivity contribution in [1.82, 2.24) is 0 Å². The fourth-order valence-corrected chi connectivity index (χ4v) is 3.01. The van der Waals surface area contributed by atoms with E-state index in [9.17, 15) is 0 Å². The van der Waals surface area contributed by atoms with Crippen molar-refractivity contribution in [2.75, 3.05) is 19.0 Å². The Labute approximate surface area is 118 Å². The molecule has 2 rings (SSSR count). The van der Waals surface area contributed by atoms with E-state index in [-0.39, 0.29) is 12.4 Å². The van der Waals surface area contributed by atoms with E-state index >= 15 is 0 Å². The average molecular weight is 268 g/mol. The highest BCUT2D eigenvalue weighted by atomic mass is 35.5. The zero-order valence-electron chi connectivity index (χ0n) is 11.7. The van der Waals surface area contributed by atoms with Gasteiger partial charge in [0.15, 0.2) is 0 Å². The predicted molar refractivity (Wildman–Crippen MR) is 83.1 cm³/mol. The van der Waals surface area contributed by atoms with Gasteiger partial charge in [0.2, 0.25) is 0 Å². The molecule has 18 heavy (non-hydrogen) atoms. The Kier molecular flexibility index (Phi) is 6.56. The lowest BCUT2D eigenvalue weighted by molar-refractivity contribution is 0.456. The molecule has 1 fully saturated rings. The maximum atomic E-state index is 2.33. The second kappa shape index (κ2) is 7.68. The molecule has 0 atom stereocenters. The van der Waals surface area contributed by atoms with Gasteiger partial charge in [-0.2, -0.15) is 0 Å². The molecule has 0 radical (unpaired) electrons. The molecule has 1 aliphatic carbocycles. The van der Waals surface area contributed by atoms with Crippen LogP contribution in [0.15, 0.2) is 24.3 Å². The van der Waals surface area contributed by atoms with Gasteiger partial charge in [-0.15, -0.1) is 12.4 Å². The minimum Gasteiger partial charge on any atom is -0.377 e. The summed E-state index contributed by atoms with van der Waals surface area (Å²) in [6, 6.07) is 8.94. The Bertz CT molecular complexity index is 341. The largest absolute Gasteiger partial charge is 0.377 e. The Balaban J connectivity index is 0.00000162. The van der Waals surface area contributed by atoms with E-state index in [4.69, 9.17) is 0 Å². The summed E-state index contributed by atoms with van der Waals surface area (Å²) in [6.45, 7) is 0. The summed E-state index contributed by atoms with van der Waals surface area (Å²) in [5.74, 6) is 0.786. The summed E-state index contributed by atoms with van der Waals surface area (Å²) in [7, 11) is 4.31. The molecule has 0 aromatic heterocycles. The molecule has 1 saturated carbocycles. The van der Waals surface area contributed by atoms with Crippen molar-refractivity contribution in [2.24, 2.45) is 0 Å². The Morgan fingerprint density at radius 1 is 0.889 bits per heavy atom. The average Bonchev–Trinajstić information content (AvgIpc) is 2.28. The van der Waals surface area contributed by atoms with Crippen molar-refractivity contribution >= 4 is 18.1 Å². The number of halogens is 1. The summed E-state index contributed by atoms with van der Waals surface area (Å²) in [4.78, 5) is 2.26. The van der Waals surface area contributed by atoms with Gasteiger partial charge >= 0.3 is 0 Å². The molecular formula is C16H26ClN. The standard InChI is InChI=1S/C16H25N.ClH/c1-17(2)16-13-9-8-12-15(16)14-10-6-4-3-5-7-11-14;/h8-9,12-14H,3-7,10-11H2,1-2H3;1H. The maximum Gasteiger partial charge on any atom is 0.0396 e. The summed E-state index contributed by atoms with van der Waals surface area (Å²) in [5.41, 5.74) is 2.98. The summed E-state index contributed by atoms with van der Waals surface area (Å²) < 4.78 is 0. The van der Waals surface area contributed by atoms with E-state index in [2.05, 4.69) is 43.3 Å². The first kappa shape index (κ1) is 15.4. The fraction of sp³-hybridized carbons (Fsp3) is 0.625. The molecule has 0 saturated heterocycles. The summed E-state index contributed by atoms with van der Waals surface area (Å²) in [6.07, 6.45) is 9.89. The van der Waals surface area contributed by atoms with Crippen LogP contribution in [0.5, 0.6) is 0 Å². The van der Waals surface area contributed by atoms with Gasteiger partial charge in [-0.3, -0.25) is 0 Å². The van der Waals surface area contributed by atoms with Crippen molar-refractivity contribution in [1.29, 1.82) is 0 Å². The van der Waals surface area contributed by atoms with E-state index in [1.807, 2.05) is 0 Å². The second-order valence-corrected chi connectivity index (χ2v) is 5.50. The molecule has 1 aliphatic rings. The summed E-state index contributed by atoms with van der Waals surface area (Å²) in [5, 5.41) is 0. The Morgan fingerprint density at radius 3 is 2.06 bits per heavy atom. The zero-order valence-corrected chi connectivity index (χ0v) is 12.5. The van der Waals surface area contributed by atoms with Crippen LogP contribution in [0.25, 0.3) is 0 Å². The van der Waals surface area contributed by atoms with Crippen LogP contribution in [0.4, 0.5) is 5.69 Å². The van der Waals surface area contributed by atoms with Gasteiger partial charge < -0.3 is 4.90 Å². The van der Waals surface area contributed by atoms with Gasteiger partial charge in [-0.25, -0.2) is 0 Å². The number of rotatable bonds is 2. The third-order valence-electron chi connectivity index (χ3n) is 3.96. The van der Waals surface area contributed by atoms with E-state index in [0.29, 0.717) is 0 Å². The monoisotopic (exact) mass is 267 g/mol. The molecule has 0 unspecified atom stereocenters. The number of benzene rings is 1. The van der Waals surface area contributed by atoms with Crippen LogP contribution < -0.4 is 4.90 Å². The number of nitrogens with zero attached hydrogens (tertiary/aromatic N) is 1. The van der Waals surface area contributed by atoms with Crippen molar-refractivity contribution in [3.63, 3.8) is 0 Å². The molecule has 1 aromatic carbocycles. The van der Waals surface area contributed by atoms with Crippen LogP contribution in [0.3, 0.4) is 0 Å². The molecule has 0 aliphatic heterocycles. The fourth-order valence-electron chi connectivity index (χ4n) is 3.01. The van der Waals surface area contributed by atoms with Gasteiger partial charge in [-0.1, -0.05) is 50.3 Å². The van der Waals surface area contributed by atoms with Gasteiger partial charge in [0.25, 0.3) is 0 Å². The third kappa shape index (κ3) is 3.91. The van der Waals surface area contributed by atoms with Crippen molar-refractivity contribution in [3.05, 3.63) is 29.8 Å². The van der Waals surface area contributed by atoms with Crippen LogP contribution in [-0.4, -0.2) is 14.1 Å². The van der Waals surface area contributed by atoms with E-state index in [1.54, 1.807) is 5.56 Å². The van der Waals surface area contributed by atoms with E-state index in [0.717, 1.165) is 5.92 Å². The first-order chi connectivity index (χ1) is 8.29. The van der Waals surface area contributed by atoms with Gasteiger partial charge in [0.1, 0.15) is 0 Å². The molecule has 0 heterocycles. The highest BCUT2D eigenvalue weighted by Gasteiger charge is 2.16. The zero-order chi connectivity index (χ0) is 12.1. The number of hydrogen-bond acceptors (Lipinski definition) is 1. The number of hydrogen-bond donors (Lipinski definition) is 0. The normalized spacial score (nSPS) is 17.4. The van der Waals surface area contributed by atoms with Crippen LogP contribution in [0.1, 0.15) is 56.4 Å². The van der Waals surface area contributed by atoms with Crippen molar-refractivity contribution in [2.45, 2.75) is 50.9 Å². The Hall–Kier alpha value is -0.690. The number of para-hydroxylation sites is 1. The molecule has 102 valence electrons. The minimum atomic E-state index is 0. The number of anilines is 1. The lowest BCUT2D eigenvalue weighted by Crippen LogP contribution is -2.13. The molecule has 1 nitrogen and oxygen atoms in total. The third-order valence-corrected chi connectivity index (χ3v) is 3.96. The van der Waals surface area contributed by atoms with Gasteiger partial charge in [0.05, 0.1) is 0 Å². The molecular weight excluding hydrogens is 242 g/mol. The van der Waals surface area contributed by atoms with E-state index in [1.165, 1.54) is 50.6 Å². The van der Waals surface area contributed by atoms with E-state index < -0.39 is 0 Å². The minimum absolute atomic E-state index is 0. The first-order valence-corrected chi connectivity index (χ1v) is 7.05. The predicted octanol–water partition coefficient (Wildman–Crippen LogP) is 5.00.